The number of aliphatic hydroxyl groups excluding tert-OH is 1. The van der Waals surface area contributed by atoms with Crippen molar-refractivity contribution >= 4 is 0 Å². The minimum atomic E-state index is -0.112. The Morgan fingerprint density at radius 1 is 1.31 bits per heavy atom. The molecular weight excluding hydrogens is 196 g/mol. The van der Waals surface area contributed by atoms with E-state index in [1.165, 1.54) is 31.3 Å². The summed E-state index contributed by atoms with van der Waals surface area (Å²) in [4.78, 5) is 0. The average molecular weight is 220 g/mol. The van der Waals surface area contributed by atoms with Crippen LogP contribution in [0, 0.1) is 22.2 Å². The van der Waals surface area contributed by atoms with Gasteiger partial charge in [0.25, 0.3) is 0 Å². The second-order valence-electron chi connectivity index (χ2n) is 7.06. The Kier molecular flexibility index (Phi) is 1.86. The van der Waals surface area contributed by atoms with Crippen LogP contribution in [0.15, 0.2) is 12.2 Å². The van der Waals surface area contributed by atoms with Crippen molar-refractivity contribution < 1.29 is 5.11 Å². The molecule has 0 aromatic heterocycles. The smallest absolute Gasteiger partial charge is 0.0580 e. The Morgan fingerprint density at radius 3 is 2.69 bits per heavy atom. The van der Waals surface area contributed by atoms with Gasteiger partial charge in [0.2, 0.25) is 0 Å². The van der Waals surface area contributed by atoms with Gasteiger partial charge in [-0.25, -0.2) is 0 Å². The fraction of sp³-hybridized carbons (Fsp3) is 0.867. The van der Waals surface area contributed by atoms with E-state index in [1.54, 1.807) is 0 Å². The topological polar surface area (TPSA) is 20.2 Å². The van der Waals surface area contributed by atoms with Gasteiger partial charge in [-0.15, -0.1) is 0 Å². The van der Waals surface area contributed by atoms with E-state index in [1.807, 2.05) is 0 Å². The Morgan fingerprint density at radius 2 is 2.00 bits per heavy atom. The second kappa shape index (κ2) is 2.75. The Balaban J connectivity index is 2.21. The molecule has 0 radical (unpaired) electrons. The van der Waals surface area contributed by atoms with Gasteiger partial charge < -0.3 is 5.11 Å². The van der Waals surface area contributed by atoms with Crippen molar-refractivity contribution in [1.82, 2.24) is 0 Å². The zero-order valence-electron chi connectivity index (χ0n) is 10.8. The first-order valence-corrected chi connectivity index (χ1v) is 6.74. The number of rotatable bonds is 0. The lowest BCUT2D eigenvalue weighted by Gasteiger charge is -2.46. The third-order valence-corrected chi connectivity index (χ3v) is 6.72. The molecule has 0 unspecified atom stereocenters. The van der Waals surface area contributed by atoms with Gasteiger partial charge in [-0.3, -0.25) is 0 Å². The van der Waals surface area contributed by atoms with Crippen LogP contribution in [0.5, 0.6) is 0 Å². The first-order chi connectivity index (χ1) is 7.37. The highest BCUT2D eigenvalue weighted by atomic mass is 16.3. The Bertz CT molecular complexity index is 360. The maximum atomic E-state index is 10.3. The second-order valence-corrected chi connectivity index (χ2v) is 7.06. The summed E-state index contributed by atoms with van der Waals surface area (Å²) < 4.78 is 0. The van der Waals surface area contributed by atoms with Crippen LogP contribution in [0.1, 0.15) is 52.9 Å². The highest BCUT2D eigenvalue weighted by Crippen LogP contribution is 2.79. The molecule has 3 fully saturated rings. The molecule has 3 aliphatic carbocycles. The van der Waals surface area contributed by atoms with Crippen molar-refractivity contribution in [2.75, 3.05) is 0 Å². The normalized spacial score (nSPS) is 60.1. The number of allylic oxidation sites excluding steroid dienone is 1. The molecule has 0 amide bonds. The van der Waals surface area contributed by atoms with Crippen LogP contribution >= 0.6 is 0 Å². The van der Waals surface area contributed by atoms with Crippen LogP contribution < -0.4 is 0 Å². The lowest BCUT2D eigenvalue weighted by atomic mass is 9.57. The van der Waals surface area contributed by atoms with Crippen LogP contribution in [0.25, 0.3) is 0 Å². The highest BCUT2D eigenvalue weighted by Gasteiger charge is 2.72. The molecule has 3 aliphatic rings. The average Bonchev–Trinajstić information content (AvgIpc) is 2.67. The minimum Gasteiger partial charge on any atom is -0.393 e. The van der Waals surface area contributed by atoms with E-state index in [4.69, 9.17) is 0 Å². The monoisotopic (exact) mass is 220 g/mol. The van der Waals surface area contributed by atoms with Gasteiger partial charge >= 0.3 is 0 Å². The third-order valence-electron chi connectivity index (χ3n) is 6.72. The predicted octanol–water partition coefficient (Wildman–Crippen LogP) is 3.53. The van der Waals surface area contributed by atoms with E-state index >= 15 is 0 Å². The van der Waals surface area contributed by atoms with Crippen molar-refractivity contribution in [3.8, 4) is 0 Å². The van der Waals surface area contributed by atoms with Crippen LogP contribution in [-0.2, 0) is 0 Å². The molecule has 3 rings (SSSR count). The van der Waals surface area contributed by atoms with Crippen molar-refractivity contribution in [1.29, 1.82) is 0 Å². The van der Waals surface area contributed by atoms with Gasteiger partial charge in [0.1, 0.15) is 0 Å². The SMILES string of the molecule is C=C1C[C@]2(C)CCC[C@@]23[C@H](C)[C@@H](O)C[C@@]13C. The van der Waals surface area contributed by atoms with Crippen LogP contribution in [0.2, 0.25) is 0 Å². The molecule has 0 heterocycles. The van der Waals surface area contributed by atoms with E-state index < -0.39 is 0 Å². The molecule has 0 saturated heterocycles. The van der Waals surface area contributed by atoms with Crippen LogP contribution in [0.3, 0.4) is 0 Å². The van der Waals surface area contributed by atoms with Crippen LogP contribution in [0.4, 0.5) is 0 Å². The summed E-state index contributed by atoms with van der Waals surface area (Å²) in [6, 6.07) is 0. The van der Waals surface area contributed by atoms with E-state index in [9.17, 15) is 5.11 Å². The molecule has 1 spiro atoms. The Labute approximate surface area is 98.9 Å². The maximum absolute atomic E-state index is 10.3. The van der Waals surface area contributed by atoms with Crippen molar-refractivity contribution in [2.45, 2.75) is 59.0 Å². The van der Waals surface area contributed by atoms with Gasteiger partial charge in [-0.1, -0.05) is 39.3 Å². The number of aliphatic hydroxyl groups is 1. The van der Waals surface area contributed by atoms with Gasteiger partial charge in [0.15, 0.2) is 0 Å². The van der Waals surface area contributed by atoms with E-state index in [2.05, 4.69) is 27.4 Å². The van der Waals surface area contributed by atoms with Crippen LogP contribution in [-0.4, -0.2) is 11.2 Å². The fourth-order valence-electron chi connectivity index (χ4n) is 5.98. The molecule has 1 nitrogen and oxygen atoms in total. The number of hydrogen-bond donors (Lipinski definition) is 1. The molecule has 1 heteroatoms. The summed E-state index contributed by atoms with van der Waals surface area (Å²) in [6.45, 7) is 11.4. The van der Waals surface area contributed by atoms with Gasteiger partial charge in [-0.2, -0.15) is 0 Å². The van der Waals surface area contributed by atoms with E-state index in [0.717, 1.165) is 6.42 Å². The summed E-state index contributed by atoms with van der Waals surface area (Å²) in [6.07, 6.45) is 6.01. The van der Waals surface area contributed by atoms with E-state index in [-0.39, 0.29) is 11.5 Å². The Hall–Kier alpha value is -0.300. The zero-order valence-corrected chi connectivity index (χ0v) is 10.8. The first kappa shape index (κ1) is 10.8. The maximum Gasteiger partial charge on any atom is 0.0580 e. The van der Waals surface area contributed by atoms with Gasteiger partial charge in [0.05, 0.1) is 6.10 Å². The molecule has 90 valence electrons. The summed E-state index contributed by atoms with van der Waals surface area (Å²) >= 11 is 0. The summed E-state index contributed by atoms with van der Waals surface area (Å²) in [5, 5.41) is 10.3. The first-order valence-electron chi connectivity index (χ1n) is 6.74. The summed E-state index contributed by atoms with van der Waals surface area (Å²) in [7, 11) is 0. The molecule has 0 aliphatic heterocycles. The summed E-state index contributed by atoms with van der Waals surface area (Å²) in [5.74, 6) is 0.448. The zero-order chi connectivity index (χ0) is 11.8. The molecule has 16 heavy (non-hydrogen) atoms. The standard InChI is InChI=1S/C15H24O/c1-10-8-13(3)6-5-7-15(13)11(2)12(16)9-14(10,15)4/h11-12,16H,1,5-9H2,2-4H3/t11-,12+,13+,14+,15-/m1/s1. The third kappa shape index (κ3) is 0.827. The molecular formula is C15H24O. The van der Waals surface area contributed by atoms with Gasteiger partial charge in [-0.05, 0) is 47.8 Å². The molecule has 3 saturated carbocycles. The quantitative estimate of drug-likeness (QED) is 0.619. The molecule has 1 N–H and O–H groups in total. The largest absolute Gasteiger partial charge is 0.393 e. The molecule has 0 aromatic rings. The summed E-state index contributed by atoms with van der Waals surface area (Å²) in [5.41, 5.74) is 2.38. The molecule has 0 bridgehead atoms. The van der Waals surface area contributed by atoms with E-state index in [0.29, 0.717) is 16.7 Å². The highest BCUT2D eigenvalue weighted by molar-refractivity contribution is 5.34. The lowest BCUT2D eigenvalue weighted by Crippen LogP contribution is -2.42. The van der Waals surface area contributed by atoms with Gasteiger partial charge in [0, 0.05) is 0 Å². The molecule has 0 aromatic carbocycles. The van der Waals surface area contributed by atoms with Crippen molar-refractivity contribution in [3.63, 3.8) is 0 Å². The minimum absolute atomic E-state index is 0.112. The predicted molar refractivity (Wildman–Crippen MR) is 66.0 cm³/mol. The lowest BCUT2D eigenvalue weighted by molar-refractivity contribution is -0.00314. The molecule has 5 atom stereocenters. The van der Waals surface area contributed by atoms with Crippen molar-refractivity contribution in [2.24, 2.45) is 22.2 Å². The fourth-order valence-corrected chi connectivity index (χ4v) is 5.98. The van der Waals surface area contributed by atoms with Crippen molar-refractivity contribution in [3.05, 3.63) is 12.2 Å². The number of hydrogen-bond acceptors (Lipinski definition) is 1.